The summed E-state index contributed by atoms with van der Waals surface area (Å²) in [7, 11) is 0. The Balaban J connectivity index is 2.28. The summed E-state index contributed by atoms with van der Waals surface area (Å²) in [6, 6.07) is 13.7. The molecule has 0 saturated heterocycles. The number of anilines is 2. The first-order valence-electron chi connectivity index (χ1n) is 4.53. The maximum atomic E-state index is 13.0. The zero-order valence-corrected chi connectivity index (χ0v) is 8.63. The Morgan fingerprint density at radius 2 is 1.73 bits per heavy atom. The monoisotopic (exact) mass is 221 g/mol. The van der Waals surface area contributed by atoms with E-state index in [2.05, 4.69) is 5.32 Å². The van der Waals surface area contributed by atoms with E-state index < -0.39 is 0 Å². The molecule has 1 nitrogen and oxygen atoms in total. The fourth-order valence-corrected chi connectivity index (χ4v) is 1.44. The van der Waals surface area contributed by atoms with Gasteiger partial charge in [0.25, 0.3) is 0 Å². The standard InChI is InChI=1S/C12H9ClFN/c13-11-7-6-9(14)8-12(11)15-10-4-2-1-3-5-10/h1-8,15H. The summed E-state index contributed by atoms with van der Waals surface area (Å²) in [5.74, 6) is -0.308. The van der Waals surface area contributed by atoms with Crippen molar-refractivity contribution < 1.29 is 4.39 Å². The fourth-order valence-electron chi connectivity index (χ4n) is 1.27. The van der Waals surface area contributed by atoms with Crippen LogP contribution < -0.4 is 5.32 Å². The number of rotatable bonds is 2. The minimum absolute atomic E-state index is 0.308. The van der Waals surface area contributed by atoms with Gasteiger partial charge in [0, 0.05) is 5.69 Å². The predicted octanol–water partition coefficient (Wildman–Crippen LogP) is 4.22. The molecule has 0 fully saturated rings. The van der Waals surface area contributed by atoms with E-state index in [0.29, 0.717) is 10.7 Å². The maximum absolute atomic E-state index is 13.0. The van der Waals surface area contributed by atoms with E-state index in [1.54, 1.807) is 0 Å². The van der Waals surface area contributed by atoms with E-state index in [1.807, 2.05) is 30.3 Å². The summed E-state index contributed by atoms with van der Waals surface area (Å²) in [5.41, 5.74) is 1.45. The van der Waals surface area contributed by atoms with Crippen LogP contribution in [0.4, 0.5) is 15.8 Å². The highest BCUT2D eigenvalue weighted by molar-refractivity contribution is 6.33. The highest BCUT2D eigenvalue weighted by atomic mass is 35.5. The van der Waals surface area contributed by atoms with Gasteiger partial charge in [-0.2, -0.15) is 0 Å². The Labute approximate surface area is 92.5 Å². The topological polar surface area (TPSA) is 12.0 Å². The van der Waals surface area contributed by atoms with Crippen molar-refractivity contribution in [2.45, 2.75) is 0 Å². The van der Waals surface area contributed by atoms with Crippen molar-refractivity contribution in [2.24, 2.45) is 0 Å². The van der Waals surface area contributed by atoms with E-state index in [1.165, 1.54) is 18.2 Å². The molecule has 1 N–H and O–H groups in total. The maximum Gasteiger partial charge on any atom is 0.125 e. The molecular weight excluding hydrogens is 213 g/mol. The largest absolute Gasteiger partial charge is 0.354 e. The van der Waals surface area contributed by atoms with Crippen molar-refractivity contribution >= 4 is 23.0 Å². The summed E-state index contributed by atoms with van der Waals surface area (Å²) in [5, 5.41) is 3.54. The first-order valence-corrected chi connectivity index (χ1v) is 4.90. The number of hydrogen-bond acceptors (Lipinski definition) is 1. The molecule has 2 aromatic rings. The van der Waals surface area contributed by atoms with Crippen LogP contribution in [-0.2, 0) is 0 Å². The van der Waals surface area contributed by atoms with Crippen LogP contribution in [0.3, 0.4) is 0 Å². The molecule has 0 saturated carbocycles. The molecule has 0 radical (unpaired) electrons. The van der Waals surface area contributed by atoms with Crippen LogP contribution in [0.5, 0.6) is 0 Å². The minimum Gasteiger partial charge on any atom is -0.354 e. The van der Waals surface area contributed by atoms with Gasteiger partial charge in [-0.05, 0) is 30.3 Å². The second kappa shape index (κ2) is 4.32. The number of hydrogen-bond donors (Lipinski definition) is 1. The van der Waals surface area contributed by atoms with Gasteiger partial charge in [-0.25, -0.2) is 4.39 Å². The van der Waals surface area contributed by atoms with E-state index in [9.17, 15) is 4.39 Å². The lowest BCUT2D eigenvalue weighted by Gasteiger charge is -2.07. The van der Waals surface area contributed by atoms with Gasteiger partial charge < -0.3 is 5.32 Å². The first-order chi connectivity index (χ1) is 7.25. The number of benzene rings is 2. The van der Waals surface area contributed by atoms with Gasteiger partial charge in [0.1, 0.15) is 5.82 Å². The molecule has 15 heavy (non-hydrogen) atoms. The Bertz CT molecular complexity index is 456. The van der Waals surface area contributed by atoms with Gasteiger partial charge in [-0.15, -0.1) is 0 Å². The van der Waals surface area contributed by atoms with E-state index in [0.717, 1.165) is 5.69 Å². The molecule has 2 aromatic carbocycles. The highest BCUT2D eigenvalue weighted by Gasteiger charge is 2.01. The fraction of sp³-hybridized carbons (Fsp3) is 0. The van der Waals surface area contributed by atoms with Crippen LogP contribution in [-0.4, -0.2) is 0 Å². The zero-order valence-electron chi connectivity index (χ0n) is 7.87. The van der Waals surface area contributed by atoms with Crippen LogP contribution in [0.2, 0.25) is 5.02 Å². The van der Waals surface area contributed by atoms with Crippen LogP contribution in [0.15, 0.2) is 48.5 Å². The van der Waals surface area contributed by atoms with Crippen molar-refractivity contribution in [1.29, 1.82) is 0 Å². The van der Waals surface area contributed by atoms with E-state index in [-0.39, 0.29) is 5.82 Å². The molecule has 0 unspecified atom stereocenters. The zero-order chi connectivity index (χ0) is 10.7. The van der Waals surface area contributed by atoms with Crippen LogP contribution in [0.25, 0.3) is 0 Å². The van der Waals surface area contributed by atoms with Crippen molar-refractivity contribution in [3.8, 4) is 0 Å². The molecule has 0 aliphatic heterocycles. The molecular formula is C12H9ClFN. The van der Waals surface area contributed by atoms with E-state index in [4.69, 9.17) is 11.6 Å². The van der Waals surface area contributed by atoms with Crippen molar-refractivity contribution in [1.82, 2.24) is 0 Å². The van der Waals surface area contributed by atoms with Gasteiger partial charge in [-0.1, -0.05) is 29.8 Å². The SMILES string of the molecule is Fc1ccc(Cl)c(Nc2ccccc2)c1. The molecule has 3 heteroatoms. The van der Waals surface area contributed by atoms with Crippen molar-refractivity contribution in [3.05, 3.63) is 59.4 Å². The summed E-state index contributed by atoms with van der Waals surface area (Å²) >= 11 is 5.92. The predicted molar refractivity (Wildman–Crippen MR) is 61.1 cm³/mol. The molecule has 0 atom stereocenters. The average Bonchev–Trinajstić information content (AvgIpc) is 2.25. The van der Waals surface area contributed by atoms with Crippen molar-refractivity contribution in [3.63, 3.8) is 0 Å². The van der Waals surface area contributed by atoms with Gasteiger partial charge in [0.05, 0.1) is 10.7 Å². The molecule has 0 aliphatic carbocycles. The summed E-state index contributed by atoms with van der Waals surface area (Å²) in [6.45, 7) is 0. The van der Waals surface area contributed by atoms with Gasteiger partial charge in [0.2, 0.25) is 0 Å². The van der Waals surface area contributed by atoms with Gasteiger partial charge in [-0.3, -0.25) is 0 Å². The van der Waals surface area contributed by atoms with Crippen LogP contribution in [0, 0.1) is 5.82 Å². The third-order valence-corrected chi connectivity index (χ3v) is 2.31. The summed E-state index contributed by atoms with van der Waals surface area (Å²) in [4.78, 5) is 0. The smallest absolute Gasteiger partial charge is 0.125 e. The molecule has 0 amide bonds. The quantitative estimate of drug-likeness (QED) is 0.801. The third-order valence-electron chi connectivity index (χ3n) is 1.98. The summed E-state index contributed by atoms with van der Waals surface area (Å²) in [6.07, 6.45) is 0. The van der Waals surface area contributed by atoms with E-state index >= 15 is 0 Å². The Morgan fingerprint density at radius 1 is 1.00 bits per heavy atom. The average molecular weight is 222 g/mol. The summed E-state index contributed by atoms with van der Waals surface area (Å²) < 4.78 is 13.0. The van der Waals surface area contributed by atoms with Gasteiger partial charge in [0.15, 0.2) is 0 Å². The molecule has 0 aromatic heterocycles. The lowest BCUT2D eigenvalue weighted by molar-refractivity contribution is 0.628. The van der Waals surface area contributed by atoms with Crippen LogP contribution >= 0.6 is 11.6 Å². The number of halogens is 2. The number of para-hydroxylation sites is 1. The Morgan fingerprint density at radius 3 is 2.47 bits per heavy atom. The Kier molecular flexibility index (Phi) is 2.88. The first kappa shape index (κ1) is 9.99. The van der Waals surface area contributed by atoms with Crippen LogP contribution in [0.1, 0.15) is 0 Å². The van der Waals surface area contributed by atoms with Gasteiger partial charge >= 0.3 is 0 Å². The highest BCUT2D eigenvalue weighted by Crippen LogP contribution is 2.25. The second-order valence-electron chi connectivity index (χ2n) is 3.12. The second-order valence-corrected chi connectivity index (χ2v) is 3.52. The minimum atomic E-state index is -0.308. The lowest BCUT2D eigenvalue weighted by Crippen LogP contribution is -1.91. The molecule has 0 heterocycles. The Hall–Kier alpha value is -1.54. The molecule has 0 bridgehead atoms. The molecule has 0 spiro atoms. The molecule has 2 rings (SSSR count). The third kappa shape index (κ3) is 2.48. The molecule has 0 aliphatic rings. The number of nitrogens with one attached hydrogen (secondary N) is 1. The lowest BCUT2D eigenvalue weighted by atomic mass is 10.2. The molecule has 76 valence electrons. The normalized spacial score (nSPS) is 10.0. The van der Waals surface area contributed by atoms with Crippen molar-refractivity contribution in [2.75, 3.05) is 5.32 Å².